The van der Waals surface area contributed by atoms with Gasteiger partial charge in [0, 0.05) is 21.3 Å². The molecule has 2 aromatic rings. The number of nitrogens with one attached hydrogen (secondary N) is 2. The van der Waals surface area contributed by atoms with Crippen molar-refractivity contribution in [2.45, 2.75) is 26.5 Å². The Hall–Kier alpha value is -2.42. The van der Waals surface area contributed by atoms with Gasteiger partial charge in [0.15, 0.2) is 11.5 Å². The molecule has 2 N–H and O–H groups in total. The van der Waals surface area contributed by atoms with Crippen molar-refractivity contribution in [3.8, 4) is 11.5 Å². The lowest BCUT2D eigenvalue weighted by atomic mass is 9.95. The summed E-state index contributed by atoms with van der Waals surface area (Å²) in [6.07, 6.45) is 0. The van der Waals surface area contributed by atoms with E-state index in [1.54, 1.807) is 44.2 Å². The summed E-state index contributed by atoms with van der Waals surface area (Å²) in [6.45, 7) is 3.76. The average molecular weight is 544 g/mol. The van der Waals surface area contributed by atoms with E-state index in [9.17, 15) is 9.59 Å². The van der Waals surface area contributed by atoms with Gasteiger partial charge < -0.3 is 24.8 Å². The molecule has 0 saturated carbocycles. The van der Waals surface area contributed by atoms with Gasteiger partial charge in [-0.25, -0.2) is 9.59 Å². The average Bonchev–Trinajstić information content (AvgIpc) is 2.73. The van der Waals surface area contributed by atoms with E-state index in [0.717, 1.165) is 5.56 Å². The number of ether oxygens (including phenoxy) is 3. The number of allylic oxidation sites excluding steroid dienone is 1. The number of benzene rings is 2. The number of urea groups is 1. The summed E-state index contributed by atoms with van der Waals surface area (Å²) in [6, 6.07) is 7.45. The molecule has 0 aliphatic carbocycles. The third-order valence-electron chi connectivity index (χ3n) is 4.74. The van der Waals surface area contributed by atoms with E-state index in [0.29, 0.717) is 42.9 Å². The van der Waals surface area contributed by atoms with E-state index in [2.05, 4.69) is 26.6 Å². The van der Waals surface area contributed by atoms with Crippen LogP contribution in [-0.2, 0) is 16.1 Å². The van der Waals surface area contributed by atoms with Gasteiger partial charge in [-0.1, -0.05) is 29.3 Å². The number of methoxy groups -OCH3 is 1. The number of esters is 1. The summed E-state index contributed by atoms with van der Waals surface area (Å²) in [5.41, 5.74) is 2.10. The standard InChI is InChI=1S/C22H21BrCl2N2O5/c1-4-31-21(28)18-11(2)26-22(29)27-19(18)13-7-15(23)20(17(8-13)30-3)32-10-12-5-6-14(24)9-16(12)25/h5-9,19H,4,10H2,1-3H3,(H2,26,27,29). The zero-order valence-corrected chi connectivity index (χ0v) is 20.7. The first kappa shape index (κ1) is 24.2. The molecule has 10 heteroatoms. The lowest BCUT2D eigenvalue weighted by molar-refractivity contribution is -0.139. The number of carbonyl (C=O) groups is 2. The second-order valence-corrected chi connectivity index (χ2v) is 8.55. The smallest absolute Gasteiger partial charge is 0.338 e. The van der Waals surface area contributed by atoms with Crippen LogP contribution in [0, 0.1) is 0 Å². The molecule has 1 aliphatic rings. The normalized spacial score (nSPS) is 15.7. The van der Waals surface area contributed by atoms with Crippen molar-refractivity contribution in [2.75, 3.05) is 13.7 Å². The highest BCUT2D eigenvalue weighted by molar-refractivity contribution is 9.10. The summed E-state index contributed by atoms with van der Waals surface area (Å²) in [7, 11) is 1.50. The van der Waals surface area contributed by atoms with Gasteiger partial charge in [-0.15, -0.1) is 0 Å². The maximum Gasteiger partial charge on any atom is 0.338 e. The van der Waals surface area contributed by atoms with Crippen LogP contribution in [0.2, 0.25) is 10.0 Å². The fourth-order valence-electron chi connectivity index (χ4n) is 3.26. The minimum Gasteiger partial charge on any atom is -0.493 e. The lowest BCUT2D eigenvalue weighted by Gasteiger charge is -2.28. The van der Waals surface area contributed by atoms with Crippen molar-refractivity contribution in [1.29, 1.82) is 0 Å². The predicted octanol–water partition coefficient (Wildman–Crippen LogP) is 5.53. The van der Waals surface area contributed by atoms with Gasteiger partial charge in [-0.05, 0) is 59.6 Å². The number of amides is 2. The molecule has 3 rings (SSSR count). The van der Waals surface area contributed by atoms with Crippen molar-refractivity contribution in [3.63, 3.8) is 0 Å². The summed E-state index contributed by atoms with van der Waals surface area (Å²) in [5, 5.41) is 6.40. The summed E-state index contributed by atoms with van der Waals surface area (Å²) in [4.78, 5) is 24.7. The lowest BCUT2D eigenvalue weighted by Crippen LogP contribution is -2.45. The molecule has 0 radical (unpaired) electrons. The van der Waals surface area contributed by atoms with Crippen molar-refractivity contribution < 1.29 is 23.8 Å². The summed E-state index contributed by atoms with van der Waals surface area (Å²) >= 11 is 15.7. The third kappa shape index (κ3) is 5.31. The molecule has 170 valence electrons. The maximum absolute atomic E-state index is 12.6. The highest BCUT2D eigenvalue weighted by Crippen LogP contribution is 2.41. The molecular weight excluding hydrogens is 523 g/mol. The molecule has 32 heavy (non-hydrogen) atoms. The monoisotopic (exact) mass is 542 g/mol. The molecule has 0 spiro atoms. The second kappa shape index (κ2) is 10.5. The number of halogens is 3. The first-order chi connectivity index (χ1) is 15.2. The van der Waals surface area contributed by atoms with E-state index in [4.69, 9.17) is 37.4 Å². The molecule has 2 aromatic carbocycles. The topological polar surface area (TPSA) is 85.9 Å². The molecule has 1 aliphatic heterocycles. The Bertz CT molecular complexity index is 1090. The van der Waals surface area contributed by atoms with Crippen molar-refractivity contribution in [1.82, 2.24) is 10.6 Å². The van der Waals surface area contributed by atoms with E-state index in [1.807, 2.05) is 0 Å². The molecule has 0 saturated heterocycles. The van der Waals surface area contributed by atoms with Crippen LogP contribution in [0.3, 0.4) is 0 Å². The third-order valence-corrected chi connectivity index (χ3v) is 5.91. The summed E-state index contributed by atoms with van der Waals surface area (Å²) < 4.78 is 17.2. The Morgan fingerprint density at radius 2 is 1.97 bits per heavy atom. The van der Waals surface area contributed by atoms with Crippen LogP contribution in [0.5, 0.6) is 11.5 Å². The first-order valence-corrected chi connectivity index (χ1v) is 11.2. The van der Waals surface area contributed by atoms with Crippen molar-refractivity contribution in [3.05, 3.63) is 67.2 Å². The number of rotatable bonds is 7. The molecule has 1 unspecified atom stereocenters. The number of carbonyl (C=O) groups excluding carboxylic acids is 2. The number of hydrogen-bond acceptors (Lipinski definition) is 5. The Morgan fingerprint density at radius 3 is 2.62 bits per heavy atom. The van der Waals surface area contributed by atoms with Crippen LogP contribution >= 0.6 is 39.1 Å². The van der Waals surface area contributed by atoms with Gasteiger partial charge in [-0.3, -0.25) is 0 Å². The van der Waals surface area contributed by atoms with E-state index < -0.39 is 18.0 Å². The Kier molecular flexibility index (Phi) is 7.92. The highest BCUT2D eigenvalue weighted by Gasteiger charge is 2.33. The fraction of sp³-hybridized carbons (Fsp3) is 0.273. The van der Waals surface area contributed by atoms with Gasteiger partial charge in [0.1, 0.15) is 6.61 Å². The second-order valence-electron chi connectivity index (χ2n) is 6.85. The zero-order chi connectivity index (χ0) is 23.4. The fourth-order valence-corrected chi connectivity index (χ4v) is 4.30. The van der Waals surface area contributed by atoms with Gasteiger partial charge in [0.25, 0.3) is 0 Å². The van der Waals surface area contributed by atoms with Gasteiger partial charge in [-0.2, -0.15) is 0 Å². The SMILES string of the molecule is CCOC(=O)C1=C(C)NC(=O)NC1c1cc(Br)c(OCc2ccc(Cl)cc2Cl)c(OC)c1. The molecule has 2 amide bonds. The molecule has 0 fully saturated rings. The number of hydrogen-bond donors (Lipinski definition) is 2. The molecule has 0 aromatic heterocycles. The van der Waals surface area contributed by atoms with E-state index in [1.165, 1.54) is 7.11 Å². The van der Waals surface area contributed by atoms with Crippen LogP contribution < -0.4 is 20.1 Å². The Labute approximate surface area is 204 Å². The predicted molar refractivity (Wildman–Crippen MR) is 125 cm³/mol. The van der Waals surface area contributed by atoms with Crippen LogP contribution in [0.1, 0.15) is 31.0 Å². The van der Waals surface area contributed by atoms with E-state index >= 15 is 0 Å². The van der Waals surface area contributed by atoms with Crippen molar-refractivity contribution in [2.24, 2.45) is 0 Å². The summed E-state index contributed by atoms with van der Waals surface area (Å²) in [5.74, 6) is 0.337. The van der Waals surface area contributed by atoms with Crippen LogP contribution in [-0.4, -0.2) is 25.7 Å². The molecular formula is C22H21BrCl2N2O5. The minimum absolute atomic E-state index is 0.182. The Balaban J connectivity index is 1.95. The molecule has 1 heterocycles. The zero-order valence-electron chi connectivity index (χ0n) is 17.6. The van der Waals surface area contributed by atoms with Gasteiger partial charge in [0.05, 0.1) is 29.8 Å². The van der Waals surface area contributed by atoms with Crippen LogP contribution in [0.15, 0.2) is 46.1 Å². The van der Waals surface area contributed by atoms with Gasteiger partial charge >= 0.3 is 12.0 Å². The molecule has 0 bridgehead atoms. The van der Waals surface area contributed by atoms with E-state index in [-0.39, 0.29) is 13.2 Å². The highest BCUT2D eigenvalue weighted by atomic mass is 79.9. The van der Waals surface area contributed by atoms with Crippen LogP contribution in [0.25, 0.3) is 0 Å². The minimum atomic E-state index is -0.729. The Morgan fingerprint density at radius 1 is 1.22 bits per heavy atom. The van der Waals surface area contributed by atoms with Crippen LogP contribution in [0.4, 0.5) is 4.79 Å². The first-order valence-electron chi connectivity index (χ1n) is 9.64. The van der Waals surface area contributed by atoms with Gasteiger partial charge in [0.2, 0.25) is 0 Å². The molecule has 1 atom stereocenters. The maximum atomic E-state index is 12.6. The van der Waals surface area contributed by atoms with Crippen molar-refractivity contribution >= 4 is 51.1 Å². The quantitative estimate of drug-likeness (QED) is 0.448. The molecule has 7 nitrogen and oxygen atoms in total. The largest absolute Gasteiger partial charge is 0.493 e.